The second kappa shape index (κ2) is 7.05. The van der Waals surface area contributed by atoms with Crippen LogP contribution in [0, 0.1) is 5.92 Å². The molecule has 6 rings (SSSR count). The molecule has 3 aromatic rings. The molecule has 3 heteroatoms. The molecule has 3 aliphatic rings. The minimum absolute atomic E-state index is 0.735. The van der Waals surface area contributed by atoms with Crippen LogP contribution < -0.4 is 4.74 Å². The summed E-state index contributed by atoms with van der Waals surface area (Å²) >= 11 is 0. The fraction of sp³-hybridized carbons (Fsp3) is 0.417. The zero-order valence-electron chi connectivity index (χ0n) is 16.1. The lowest BCUT2D eigenvalue weighted by Gasteiger charge is -2.42. The monoisotopic (exact) mass is 360 g/mol. The van der Waals surface area contributed by atoms with Gasteiger partial charge in [0.2, 0.25) is 0 Å². The number of ether oxygens (including phenoxy) is 1. The summed E-state index contributed by atoms with van der Waals surface area (Å²) in [5, 5.41) is 2.54. The molecule has 0 amide bonds. The smallest absolute Gasteiger partial charge is 0.121 e. The summed E-state index contributed by atoms with van der Waals surface area (Å²) in [4.78, 5) is 6.13. The van der Waals surface area contributed by atoms with Crippen molar-refractivity contribution in [3.05, 3.63) is 53.6 Å². The molecule has 0 saturated carbocycles. The van der Waals surface area contributed by atoms with Crippen LogP contribution in [0.3, 0.4) is 0 Å². The third-order valence-electron chi connectivity index (χ3n) is 6.37. The van der Waals surface area contributed by atoms with E-state index in [2.05, 4.69) is 59.3 Å². The summed E-state index contributed by atoms with van der Waals surface area (Å²) in [5.41, 5.74) is 5.57. The molecule has 0 unspecified atom stereocenters. The molecule has 3 nitrogen and oxygen atoms in total. The number of benzene rings is 2. The van der Waals surface area contributed by atoms with Crippen molar-refractivity contribution in [1.82, 2.24) is 9.88 Å². The third-order valence-corrected chi connectivity index (χ3v) is 6.37. The van der Waals surface area contributed by atoms with Crippen molar-refractivity contribution >= 4 is 21.8 Å². The maximum atomic E-state index is 6.29. The Kier molecular flexibility index (Phi) is 4.41. The zero-order valence-corrected chi connectivity index (χ0v) is 16.1. The van der Waals surface area contributed by atoms with E-state index >= 15 is 0 Å². The Hall–Kier alpha value is -2.26. The van der Waals surface area contributed by atoms with Gasteiger partial charge in [-0.3, -0.25) is 4.90 Å². The summed E-state index contributed by atoms with van der Waals surface area (Å²) in [6.45, 7) is 6.75. The number of hydrogen-bond donors (Lipinski definition) is 1. The number of nitrogens with zero attached hydrogens (tertiary/aromatic N) is 1. The first kappa shape index (κ1) is 16.9. The third kappa shape index (κ3) is 3.14. The molecule has 27 heavy (non-hydrogen) atoms. The van der Waals surface area contributed by atoms with Crippen molar-refractivity contribution in [2.45, 2.75) is 32.6 Å². The first-order valence-corrected chi connectivity index (χ1v) is 10.4. The van der Waals surface area contributed by atoms with Crippen LogP contribution in [0.25, 0.3) is 21.8 Å². The number of H-pyrrole nitrogens is 1. The summed E-state index contributed by atoms with van der Waals surface area (Å²) in [7, 11) is 0. The van der Waals surface area contributed by atoms with Gasteiger partial charge in [-0.25, -0.2) is 0 Å². The number of nitrogens with one attached hydrogen (secondary N) is 1. The summed E-state index contributed by atoms with van der Waals surface area (Å²) < 4.78 is 6.29. The molecule has 0 aliphatic carbocycles. The fourth-order valence-corrected chi connectivity index (χ4v) is 4.93. The van der Waals surface area contributed by atoms with Crippen LogP contribution in [-0.4, -0.2) is 36.1 Å². The van der Waals surface area contributed by atoms with E-state index in [1.54, 1.807) is 11.1 Å². The van der Waals surface area contributed by atoms with Crippen molar-refractivity contribution in [2.75, 3.05) is 26.2 Å². The summed E-state index contributed by atoms with van der Waals surface area (Å²) in [5.74, 6) is 1.76. The van der Waals surface area contributed by atoms with Gasteiger partial charge < -0.3 is 9.72 Å². The molecule has 1 N–H and O–H groups in total. The lowest BCUT2D eigenvalue weighted by Crippen LogP contribution is -2.43. The Morgan fingerprint density at radius 2 is 1.89 bits per heavy atom. The Bertz CT molecular complexity index is 992. The van der Waals surface area contributed by atoms with Gasteiger partial charge in [-0.2, -0.15) is 0 Å². The largest absolute Gasteiger partial charge is 0.489 e. The molecule has 2 bridgehead atoms. The fourth-order valence-electron chi connectivity index (χ4n) is 4.93. The molecule has 140 valence electrons. The minimum Gasteiger partial charge on any atom is -0.489 e. The lowest BCUT2D eigenvalue weighted by atomic mass is 9.80. The summed E-state index contributed by atoms with van der Waals surface area (Å²) in [6, 6.07) is 14.9. The molecule has 0 radical (unpaired) electrons. The maximum Gasteiger partial charge on any atom is 0.121 e. The van der Waals surface area contributed by atoms with Gasteiger partial charge in [-0.15, -0.1) is 0 Å². The van der Waals surface area contributed by atoms with Crippen LogP contribution >= 0.6 is 0 Å². The van der Waals surface area contributed by atoms with E-state index < -0.39 is 0 Å². The van der Waals surface area contributed by atoms with Crippen LogP contribution in [0.5, 0.6) is 5.75 Å². The Labute approximate surface area is 161 Å². The predicted octanol–water partition coefficient (Wildman–Crippen LogP) is 5.52. The molecule has 2 aromatic carbocycles. The molecular formula is C24H28N2O. The van der Waals surface area contributed by atoms with Gasteiger partial charge in [0.25, 0.3) is 0 Å². The lowest BCUT2D eigenvalue weighted by molar-refractivity contribution is 0.158. The molecular weight excluding hydrogens is 332 g/mol. The van der Waals surface area contributed by atoms with E-state index in [4.69, 9.17) is 4.74 Å². The van der Waals surface area contributed by atoms with Gasteiger partial charge in [0.15, 0.2) is 0 Å². The van der Waals surface area contributed by atoms with Gasteiger partial charge in [0, 0.05) is 28.9 Å². The highest BCUT2D eigenvalue weighted by Crippen LogP contribution is 2.35. The average molecular weight is 361 g/mol. The molecule has 1 aromatic heterocycles. The van der Waals surface area contributed by atoms with Crippen LogP contribution in [0.2, 0.25) is 0 Å². The molecule has 0 spiro atoms. The predicted molar refractivity (Wildman–Crippen MR) is 112 cm³/mol. The highest BCUT2D eigenvalue weighted by atomic mass is 16.5. The van der Waals surface area contributed by atoms with Crippen LogP contribution in [0.4, 0.5) is 0 Å². The molecule has 0 atom stereocenters. The van der Waals surface area contributed by atoms with E-state index in [-0.39, 0.29) is 0 Å². The maximum absolute atomic E-state index is 6.29. The van der Waals surface area contributed by atoms with E-state index in [1.807, 2.05) is 0 Å². The van der Waals surface area contributed by atoms with Crippen molar-refractivity contribution < 1.29 is 4.74 Å². The molecule has 3 saturated heterocycles. The van der Waals surface area contributed by atoms with Crippen LogP contribution in [-0.2, 0) is 0 Å². The zero-order chi connectivity index (χ0) is 18.2. The van der Waals surface area contributed by atoms with Crippen molar-refractivity contribution in [2.24, 2.45) is 5.92 Å². The SMILES string of the molecule is CCC/C(COc1ccc2c(c1)[nH]c1ccccc12)=C1/CN2CCC1CC2. The normalized spacial score (nSPS) is 23.9. The summed E-state index contributed by atoms with van der Waals surface area (Å²) in [6.07, 6.45) is 5.03. The van der Waals surface area contributed by atoms with Gasteiger partial charge in [0.1, 0.15) is 12.4 Å². The van der Waals surface area contributed by atoms with Crippen molar-refractivity contribution in [1.29, 1.82) is 0 Å². The number of fused-ring (bicyclic) bond motifs is 6. The first-order chi connectivity index (χ1) is 13.3. The van der Waals surface area contributed by atoms with Gasteiger partial charge in [-0.05, 0) is 62.0 Å². The number of aromatic amines is 1. The molecule has 3 aliphatic heterocycles. The van der Waals surface area contributed by atoms with Gasteiger partial charge >= 0.3 is 0 Å². The van der Waals surface area contributed by atoms with Crippen molar-refractivity contribution in [3.63, 3.8) is 0 Å². The Morgan fingerprint density at radius 1 is 1.07 bits per heavy atom. The Morgan fingerprint density at radius 3 is 2.67 bits per heavy atom. The minimum atomic E-state index is 0.735. The first-order valence-electron chi connectivity index (χ1n) is 10.4. The van der Waals surface area contributed by atoms with E-state index in [9.17, 15) is 0 Å². The van der Waals surface area contributed by atoms with Gasteiger partial charge in [0.05, 0.1) is 5.52 Å². The quantitative estimate of drug-likeness (QED) is 0.607. The Balaban J connectivity index is 1.40. The number of rotatable bonds is 5. The average Bonchev–Trinajstić information content (AvgIpc) is 3.09. The number of para-hydroxylation sites is 1. The van der Waals surface area contributed by atoms with Crippen molar-refractivity contribution in [3.8, 4) is 5.75 Å². The number of piperidine rings is 3. The molecule has 4 heterocycles. The van der Waals surface area contributed by atoms with E-state index in [0.29, 0.717) is 0 Å². The second-order valence-electron chi connectivity index (χ2n) is 8.10. The van der Waals surface area contributed by atoms with Crippen LogP contribution in [0.1, 0.15) is 32.6 Å². The van der Waals surface area contributed by atoms with Crippen LogP contribution in [0.15, 0.2) is 53.6 Å². The van der Waals surface area contributed by atoms with E-state index in [0.717, 1.165) is 30.2 Å². The standard InChI is InChI=1S/C24H28N2O/c1-2-5-18(22-15-26-12-10-17(22)11-13-26)16-27-19-8-9-21-20-6-3-4-7-23(20)25-24(21)14-19/h3-4,6-9,14,17,25H,2,5,10-13,15-16H2,1H3/b22-18+. The number of aromatic nitrogens is 1. The highest BCUT2D eigenvalue weighted by molar-refractivity contribution is 6.07. The van der Waals surface area contributed by atoms with E-state index in [1.165, 1.54) is 55.2 Å². The highest BCUT2D eigenvalue weighted by Gasteiger charge is 2.31. The molecule has 3 fully saturated rings. The number of hydrogen-bond acceptors (Lipinski definition) is 2. The van der Waals surface area contributed by atoms with Gasteiger partial charge in [-0.1, -0.05) is 37.1 Å². The topological polar surface area (TPSA) is 28.3 Å². The second-order valence-corrected chi connectivity index (χ2v) is 8.10.